The van der Waals surface area contributed by atoms with E-state index in [2.05, 4.69) is 0 Å². The topological polar surface area (TPSA) is 63.9 Å². The number of carbonyl (C=O) groups is 1. The Morgan fingerprint density at radius 2 is 1.88 bits per heavy atom. The molecule has 0 aliphatic carbocycles. The molecule has 0 radical (unpaired) electrons. The van der Waals surface area contributed by atoms with Crippen molar-refractivity contribution in [3.05, 3.63) is 53.6 Å². The molecule has 0 atom stereocenters. The predicted molar refractivity (Wildman–Crippen MR) is 62.5 cm³/mol. The van der Waals surface area contributed by atoms with Gasteiger partial charge in [0.25, 0.3) is 0 Å². The van der Waals surface area contributed by atoms with E-state index in [1.165, 1.54) is 6.08 Å². The van der Waals surface area contributed by atoms with E-state index in [4.69, 9.17) is 5.26 Å². The first kappa shape index (κ1) is 10.9. The van der Waals surface area contributed by atoms with E-state index in [1.807, 2.05) is 36.4 Å². The number of carboxylic acids is 1. The summed E-state index contributed by atoms with van der Waals surface area (Å²) >= 11 is 0. The molecule has 0 aromatic heterocycles. The van der Waals surface area contributed by atoms with Crippen LogP contribution in [0.3, 0.4) is 0 Å². The standard InChI is InChI=1S/C14H9NO2/c15-9-12(14(16)17)8-11-6-3-5-10-4-1-2-7-13(10)11/h1-8H,(H,16,17)/p-1/b12-8+. The number of hydrogen-bond donors (Lipinski definition) is 0. The Bertz CT molecular complexity index is 645. The maximum atomic E-state index is 10.7. The van der Waals surface area contributed by atoms with Crippen LogP contribution in [-0.2, 0) is 4.79 Å². The van der Waals surface area contributed by atoms with Gasteiger partial charge in [0.1, 0.15) is 6.07 Å². The minimum Gasteiger partial charge on any atom is -0.544 e. The molecule has 3 nitrogen and oxygen atoms in total. The van der Waals surface area contributed by atoms with Crippen LogP contribution >= 0.6 is 0 Å². The van der Waals surface area contributed by atoms with Crippen LogP contribution in [-0.4, -0.2) is 5.97 Å². The molecule has 2 rings (SSSR count). The molecule has 0 aliphatic heterocycles. The lowest BCUT2D eigenvalue weighted by Crippen LogP contribution is -2.23. The van der Waals surface area contributed by atoms with E-state index in [9.17, 15) is 9.90 Å². The lowest BCUT2D eigenvalue weighted by Gasteiger charge is -2.03. The van der Waals surface area contributed by atoms with Gasteiger partial charge in [-0.1, -0.05) is 42.5 Å². The normalized spacial score (nSPS) is 11.1. The summed E-state index contributed by atoms with van der Waals surface area (Å²) in [6.45, 7) is 0. The third-order valence-corrected chi connectivity index (χ3v) is 2.46. The van der Waals surface area contributed by atoms with Gasteiger partial charge in [-0.15, -0.1) is 0 Å². The number of carbonyl (C=O) groups excluding carboxylic acids is 1. The van der Waals surface area contributed by atoms with E-state index >= 15 is 0 Å². The maximum Gasteiger partial charge on any atom is 0.101 e. The highest BCUT2D eigenvalue weighted by Crippen LogP contribution is 2.20. The van der Waals surface area contributed by atoms with Crippen molar-refractivity contribution in [2.24, 2.45) is 0 Å². The zero-order valence-electron chi connectivity index (χ0n) is 8.88. The van der Waals surface area contributed by atoms with Crippen LogP contribution in [0.15, 0.2) is 48.0 Å². The molecule has 0 saturated heterocycles. The van der Waals surface area contributed by atoms with Gasteiger partial charge in [0, 0.05) is 0 Å². The molecule has 0 saturated carbocycles. The second-order valence-corrected chi connectivity index (χ2v) is 3.53. The average Bonchev–Trinajstić information content (AvgIpc) is 2.35. The van der Waals surface area contributed by atoms with Crippen molar-refractivity contribution >= 4 is 22.8 Å². The summed E-state index contributed by atoms with van der Waals surface area (Å²) in [5, 5.41) is 21.3. The van der Waals surface area contributed by atoms with Crippen molar-refractivity contribution in [3.63, 3.8) is 0 Å². The third kappa shape index (κ3) is 2.16. The fraction of sp³-hybridized carbons (Fsp3) is 0. The van der Waals surface area contributed by atoms with E-state index in [0.29, 0.717) is 5.56 Å². The molecule has 0 aliphatic rings. The van der Waals surface area contributed by atoms with Crippen molar-refractivity contribution in [2.75, 3.05) is 0 Å². The molecule has 3 heteroatoms. The molecule has 17 heavy (non-hydrogen) atoms. The molecule has 2 aromatic rings. The van der Waals surface area contributed by atoms with Crippen molar-refractivity contribution in [2.45, 2.75) is 0 Å². The number of aliphatic carboxylic acids is 1. The molecule has 0 heterocycles. The Labute approximate surface area is 98.2 Å². The summed E-state index contributed by atoms with van der Waals surface area (Å²) in [5.74, 6) is -1.46. The van der Waals surface area contributed by atoms with Crippen molar-refractivity contribution in [1.82, 2.24) is 0 Å². The molecule has 0 N–H and O–H groups in total. The number of nitriles is 1. The molecule has 0 spiro atoms. The molecule has 2 aromatic carbocycles. The first-order chi connectivity index (χ1) is 8.22. The van der Waals surface area contributed by atoms with E-state index in [0.717, 1.165) is 10.8 Å². The van der Waals surface area contributed by atoms with E-state index in [-0.39, 0.29) is 5.57 Å². The summed E-state index contributed by atoms with van der Waals surface area (Å²) in [4.78, 5) is 10.7. The molecule has 0 bridgehead atoms. The summed E-state index contributed by atoms with van der Waals surface area (Å²) in [6.07, 6.45) is 1.33. The second-order valence-electron chi connectivity index (χ2n) is 3.53. The number of carboxylic acid groups (broad SMARTS) is 1. The Hall–Kier alpha value is -2.60. The Balaban J connectivity index is 2.65. The summed E-state index contributed by atoms with van der Waals surface area (Å²) in [5.41, 5.74) is 0.324. The van der Waals surface area contributed by atoms with Gasteiger partial charge in [0.15, 0.2) is 0 Å². The summed E-state index contributed by atoms with van der Waals surface area (Å²) < 4.78 is 0. The van der Waals surface area contributed by atoms with Crippen molar-refractivity contribution in [3.8, 4) is 6.07 Å². The van der Waals surface area contributed by atoms with Gasteiger partial charge in [-0.25, -0.2) is 0 Å². The van der Waals surface area contributed by atoms with Gasteiger partial charge in [-0.05, 0) is 22.4 Å². The summed E-state index contributed by atoms with van der Waals surface area (Å²) in [7, 11) is 0. The van der Waals surface area contributed by atoms with Gasteiger partial charge < -0.3 is 9.90 Å². The summed E-state index contributed by atoms with van der Waals surface area (Å²) in [6, 6.07) is 14.7. The molecular formula is C14H8NO2-. The molecule has 0 amide bonds. The van der Waals surface area contributed by atoms with E-state index in [1.54, 1.807) is 12.1 Å². The fourth-order valence-electron chi connectivity index (χ4n) is 1.67. The minimum atomic E-state index is -1.46. The highest BCUT2D eigenvalue weighted by molar-refractivity contribution is 5.99. The van der Waals surface area contributed by atoms with Crippen LogP contribution in [0.4, 0.5) is 0 Å². The number of benzene rings is 2. The highest BCUT2D eigenvalue weighted by Gasteiger charge is 2.00. The van der Waals surface area contributed by atoms with Crippen LogP contribution in [0.25, 0.3) is 16.8 Å². The van der Waals surface area contributed by atoms with Crippen LogP contribution < -0.4 is 5.11 Å². The predicted octanol–water partition coefficient (Wildman–Crippen LogP) is 1.50. The van der Waals surface area contributed by atoms with Gasteiger partial charge >= 0.3 is 0 Å². The van der Waals surface area contributed by atoms with Crippen molar-refractivity contribution in [1.29, 1.82) is 5.26 Å². The quantitative estimate of drug-likeness (QED) is 0.571. The lowest BCUT2D eigenvalue weighted by molar-refractivity contribution is -0.298. The van der Waals surface area contributed by atoms with Crippen LogP contribution in [0.5, 0.6) is 0 Å². The Morgan fingerprint density at radius 1 is 1.18 bits per heavy atom. The SMILES string of the molecule is N#C/C(=C\c1cccc2ccccc12)C(=O)[O-]. The van der Waals surface area contributed by atoms with Crippen LogP contribution in [0.2, 0.25) is 0 Å². The van der Waals surface area contributed by atoms with Crippen LogP contribution in [0, 0.1) is 11.3 Å². The first-order valence-electron chi connectivity index (χ1n) is 5.03. The second kappa shape index (κ2) is 4.50. The third-order valence-electron chi connectivity index (χ3n) is 2.46. The largest absolute Gasteiger partial charge is 0.544 e. The average molecular weight is 222 g/mol. The van der Waals surface area contributed by atoms with Gasteiger partial charge in [-0.3, -0.25) is 0 Å². The minimum absolute atomic E-state index is 0.374. The molecule has 0 fully saturated rings. The van der Waals surface area contributed by atoms with Gasteiger partial charge in [0.05, 0.1) is 11.5 Å². The smallest absolute Gasteiger partial charge is 0.101 e. The number of rotatable bonds is 2. The Kier molecular flexibility index (Phi) is 2.89. The van der Waals surface area contributed by atoms with Gasteiger partial charge in [-0.2, -0.15) is 5.26 Å². The monoisotopic (exact) mass is 222 g/mol. The zero-order chi connectivity index (χ0) is 12.3. The van der Waals surface area contributed by atoms with Gasteiger partial charge in [0.2, 0.25) is 0 Å². The highest BCUT2D eigenvalue weighted by atomic mass is 16.4. The van der Waals surface area contributed by atoms with Crippen molar-refractivity contribution < 1.29 is 9.90 Å². The maximum absolute atomic E-state index is 10.7. The Morgan fingerprint density at radius 3 is 2.59 bits per heavy atom. The lowest BCUT2D eigenvalue weighted by atomic mass is 10.0. The molecule has 82 valence electrons. The van der Waals surface area contributed by atoms with Crippen LogP contribution in [0.1, 0.15) is 5.56 Å². The molecule has 0 unspecified atom stereocenters. The number of hydrogen-bond acceptors (Lipinski definition) is 3. The fourth-order valence-corrected chi connectivity index (χ4v) is 1.67. The molecular weight excluding hydrogens is 214 g/mol. The number of fused-ring (bicyclic) bond motifs is 1. The first-order valence-corrected chi connectivity index (χ1v) is 5.03. The van der Waals surface area contributed by atoms with E-state index < -0.39 is 5.97 Å². The number of nitrogens with zero attached hydrogens (tertiary/aromatic N) is 1. The zero-order valence-corrected chi connectivity index (χ0v) is 8.88.